The van der Waals surface area contributed by atoms with Crippen molar-refractivity contribution in [1.82, 2.24) is 4.98 Å². The Morgan fingerprint density at radius 3 is 2.46 bits per heavy atom. The van der Waals surface area contributed by atoms with Crippen molar-refractivity contribution in [2.45, 2.75) is 6.92 Å². The molecule has 0 unspecified atom stereocenters. The minimum absolute atomic E-state index is 0.656. The minimum Gasteiger partial charge on any atom is -0.495 e. The van der Waals surface area contributed by atoms with Gasteiger partial charge in [0.05, 0.1) is 24.1 Å². The quantitative estimate of drug-likeness (QED) is 0.679. The van der Waals surface area contributed by atoms with Crippen LogP contribution in [0.4, 0.5) is 10.8 Å². The Morgan fingerprint density at radius 2 is 1.69 bits per heavy atom. The summed E-state index contributed by atoms with van der Waals surface area (Å²) in [6, 6.07) is 14.4. The maximum absolute atomic E-state index is 5.72. The molecule has 1 aliphatic rings. The SMILES string of the molecule is CCOc1cccc2sc(N3CCN(c4ccccc4OC)CC3)nc12. The van der Waals surface area contributed by atoms with Crippen LogP contribution < -0.4 is 19.3 Å². The second-order valence-electron chi connectivity index (χ2n) is 6.18. The van der Waals surface area contributed by atoms with Crippen LogP contribution >= 0.6 is 11.3 Å². The van der Waals surface area contributed by atoms with E-state index in [4.69, 9.17) is 14.5 Å². The number of rotatable bonds is 5. The van der Waals surface area contributed by atoms with Gasteiger partial charge >= 0.3 is 0 Å². The average Bonchev–Trinajstić information content (AvgIpc) is 3.14. The molecule has 0 radical (unpaired) electrons. The molecule has 0 aliphatic carbocycles. The highest BCUT2D eigenvalue weighted by Crippen LogP contribution is 2.35. The molecular weight excluding hydrogens is 346 g/mol. The molecule has 3 aromatic rings. The smallest absolute Gasteiger partial charge is 0.186 e. The fraction of sp³-hybridized carbons (Fsp3) is 0.350. The Morgan fingerprint density at radius 1 is 0.962 bits per heavy atom. The number of hydrogen-bond acceptors (Lipinski definition) is 6. The Hall–Kier alpha value is -2.47. The van der Waals surface area contributed by atoms with Crippen molar-refractivity contribution >= 4 is 32.4 Å². The molecule has 4 rings (SSSR count). The lowest BCUT2D eigenvalue weighted by atomic mass is 10.2. The van der Waals surface area contributed by atoms with Gasteiger partial charge < -0.3 is 19.3 Å². The molecule has 0 N–H and O–H groups in total. The third-order valence-electron chi connectivity index (χ3n) is 4.65. The Balaban J connectivity index is 1.51. The first-order valence-electron chi connectivity index (χ1n) is 8.95. The maximum atomic E-state index is 5.72. The largest absolute Gasteiger partial charge is 0.495 e. The molecule has 0 saturated carbocycles. The van der Waals surface area contributed by atoms with Gasteiger partial charge in [-0.05, 0) is 31.2 Å². The van der Waals surface area contributed by atoms with Crippen molar-refractivity contribution < 1.29 is 9.47 Å². The summed E-state index contributed by atoms with van der Waals surface area (Å²) < 4.78 is 12.4. The molecule has 1 aromatic heterocycles. The van der Waals surface area contributed by atoms with Crippen LogP contribution in [0, 0.1) is 0 Å². The molecule has 0 bridgehead atoms. The molecule has 5 nitrogen and oxygen atoms in total. The summed E-state index contributed by atoms with van der Waals surface area (Å²) in [6.07, 6.45) is 0. The molecule has 2 aromatic carbocycles. The molecule has 0 atom stereocenters. The number of fused-ring (bicyclic) bond motifs is 1. The van der Waals surface area contributed by atoms with E-state index in [-0.39, 0.29) is 0 Å². The van der Waals surface area contributed by atoms with Crippen LogP contribution in [0.5, 0.6) is 11.5 Å². The van der Waals surface area contributed by atoms with Gasteiger partial charge in [0.1, 0.15) is 17.0 Å². The number of benzene rings is 2. The topological polar surface area (TPSA) is 37.8 Å². The summed E-state index contributed by atoms with van der Waals surface area (Å²) in [5.41, 5.74) is 2.14. The zero-order chi connectivity index (χ0) is 17.9. The number of thiazole rings is 1. The molecule has 2 heterocycles. The molecular formula is C20H23N3O2S. The van der Waals surface area contributed by atoms with Crippen LogP contribution in [0.25, 0.3) is 10.2 Å². The van der Waals surface area contributed by atoms with E-state index < -0.39 is 0 Å². The van der Waals surface area contributed by atoms with Crippen LogP contribution in [0.15, 0.2) is 42.5 Å². The highest BCUT2D eigenvalue weighted by molar-refractivity contribution is 7.22. The van der Waals surface area contributed by atoms with Crippen molar-refractivity contribution in [3.63, 3.8) is 0 Å². The normalized spacial score (nSPS) is 14.7. The van der Waals surface area contributed by atoms with E-state index in [9.17, 15) is 0 Å². The predicted molar refractivity (Wildman–Crippen MR) is 108 cm³/mol. The fourth-order valence-electron chi connectivity index (χ4n) is 3.35. The van der Waals surface area contributed by atoms with Crippen molar-refractivity contribution in [3.8, 4) is 11.5 Å². The van der Waals surface area contributed by atoms with Crippen LogP contribution in [-0.2, 0) is 0 Å². The van der Waals surface area contributed by atoms with Crippen LogP contribution in [-0.4, -0.2) is 44.9 Å². The summed E-state index contributed by atoms with van der Waals surface area (Å²) in [5, 5.41) is 1.08. The van der Waals surface area contributed by atoms with Crippen LogP contribution in [0.1, 0.15) is 6.92 Å². The van der Waals surface area contributed by atoms with E-state index in [1.807, 2.05) is 31.2 Å². The van der Waals surface area contributed by atoms with Gasteiger partial charge in [0, 0.05) is 26.2 Å². The lowest BCUT2D eigenvalue weighted by molar-refractivity contribution is 0.344. The van der Waals surface area contributed by atoms with Gasteiger partial charge in [0.2, 0.25) is 0 Å². The summed E-state index contributed by atoms with van der Waals surface area (Å²) >= 11 is 1.74. The Labute approximate surface area is 157 Å². The number of nitrogens with zero attached hydrogens (tertiary/aromatic N) is 3. The molecule has 0 amide bonds. The standard InChI is InChI=1S/C20H23N3O2S/c1-3-25-17-9-6-10-18-19(17)21-20(26-18)23-13-11-22(12-14-23)15-7-4-5-8-16(15)24-2/h4-10H,3,11-14H2,1-2H3. The third kappa shape index (κ3) is 3.17. The number of anilines is 2. The van der Waals surface area contributed by atoms with Gasteiger partial charge in [0.25, 0.3) is 0 Å². The second kappa shape index (κ2) is 7.41. The van der Waals surface area contributed by atoms with Crippen molar-refractivity contribution in [1.29, 1.82) is 0 Å². The number of methoxy groups -OCH3 is 1. The molecule has 26 heavy (non-hydrogen) atoms. The molecule has 1 fully saturated rings. The average molecular weight is 369 g/mol. The summed E-state index contributed by atoms with van der Waals surface area (Å²) in [7, 11) is 1.73. The predicted octanol–water partition coefficient (Wildman–Crippen LogP) is 4.03. The number of aromatic nitrogens is 1. The second-order valence-corrected chi connectivity index (χ2v) is 7.19. The van der Waals surface area contributed by atoms with E-state index in [0.29, 0.717) is 6.61 Å². The van der Waals surface area contributed by atoms with Crippen molar-refractivity contribution in [3.05, 3.63) is 42.5 Å². The van der Waals surface area contributed by atoms with E-state index >= 15 is 0 Å². The van der Waals surface area contributed by atoms with E-state index in [1.165, 1.54) is 4.70 Å². The first-order valence-corrected chi connectivity index (χ1v) is 9.77. The maximum Gasteiger partial charge on any atom is 0.186 e. The van der Waals surface area contributed by atoms with Gasteiger partial charge in [-0.1, -0.05) is 29.5 Å². The highest BCUT2D eigenvalue weighted by Gasteiger charge is 2.22. The molecule has 136 valence electrons. The lowest BCUT2D eigenvalue weighted by Crippen LogP contribution is -2.46. The van der Waals surface area contributed by atoms with Gasteiger partial charge in [0.15, 0.2) is 5.13 Å². The summed E-state index contributed by atoms with van der Waals surface area (Å²) in [5.74, 6) is 1.81. The molecule has 1 saturated heterocycles. The zero-order valence-electron chi connectivity index (χ0n) is 15.1. The number of ether oxygens (including phenoxy) is 2. The monoisotopic (exact) mass is 369 g/mol. The minimum atomic E-state index is 0.656. The first kappa shape index (κ1) is 17.0. The third-order valence-corrected chi connectivity index (χ3v) is 5.73. The summed E-state index contributed by atoms with van der Waals surface area (Å²) in [4.78, 5) is 9.61. The molecule has 1 aliphatic heterocycles. The number of para-hydroxylation sites is 3. The van der Waals surface area contributed by atoms with Gasteiger partial charge in [-0.3, -0.25) is 0 Å². The zero-order valence-corrected chi connectivity index (χ0v) is 16.0. The molecule has 0 spiro atoms. The van der Waals surface area contributed by atoms with E-state index in [2.05, 4.69) is 28.0 Å². The van der Waals surface area contributed by atoms with Crippen molar-refractivity contribution in [2.24, 2.45) is 0 Å². The van der Waals surface area contributed by atoms with Gasteiger partial charge in [-0.25, -0.2) is 4.98 Å². The summed E-state index contributed by atoms with van der Waals surface area (Å²) in [6.45, 7) is 6.46. The van der Waals surface area contributed by atoms with Crippen LogP contribution in [0.2, 0.25) is 0 Å². The van der Waals surface area contributed by atoms with E-state index in [1.54, 1.807) is 18.4 Å². The highest BCUT2D eigenvalue weighted by atomic mass is 32.1. The van der Waals surface area contributed by atoms with E-state index in [0.717, 1.165) is 54.0 Å². The Kier molecular flexibility index (Phi) is 4.84. The fourth-order valence-corrected chi connectivity index (χ4v) is 4.38. The first-order chi connectivity index (χ1) is 12.8. The molecule has 6 heteroatoms. The van der Waals surface area contributed by atoms with Gasteiger partial charge in [-0.15, -0.1) is 0 Å². The number of hydrogen-bond donors (Lipinski definition) is 0. The van der Waals surface area contributed by atoms with Crippen LogP contribution in [0.3, 0.4) is 0 Å². The van der Waals surface area contributed by atoms with Crippen molar-refractivity contribution in [2.75, 3.05) is 49.7 Å². The van der Waals surface area contributed by atoms with Gasteiger partial charge in [-0.2, -0.15) is 0 Å². The Bertz CT molecular complexity index is 888. The number of piperazine rings is 1. The lowest BCUT2D eigenvalue weighted by Gasteiger charge is -2.36.